The van der Waals surface area contributed by atoms with Crippen molar-refractivity contribution in [2.45, 2.75) is 18.4 Å². The number of rotatable bonds is 6. The van der Waals surface area contributed by atoms with Crippen LogP contribution in [-0.2, 0) is 4.79 Å². The summed E-state index contributed by atoms with van der Waals surface area (Å²) < 4.78 is 5.23. The van der Waals surface area contributed by atoms with Crippen LogP contribution in [0.15, 0.2) is 54.6 Å². The first-order chi connectivity index (χ1) is 14.9. The van der Waals surface area contributed by atoms with Gasteiger partial charge in [0.1, 0.15) is 24.6 Å². The molecule has 0 aliphatic carbocycles. The first-order valence-corrected chi connectivity index (χ1v) is 9.95. The van der Waals surface area contributed by atoms with Gasteiger partial charge in [-0.15, -0.1) is 0 Å². The number of fused-ring (bicyclic) bond motifs is 1. The van der Waals surface area contributed by atoms with E-state index in [4.69, 9.17) is 4.74 Å². The van der Waals surface area contributed by atoms with E-state index in [0.29, 0.717) is 0 Å². The third-order valence-electron chi connectivity index (χ3n) is 5.75. The summed E-state index contributed by atoms with van der Waals surface area (Å²) in [5, 5.41) is 5.80. The van der Waals surface area contributed by atoms with Gasteiger partial charge in [0.2, 0.25) is 5.91 Å². The molecule has 9 heteroatoms. The van der Waals surface area contributed by atoms with Crippen molar-refractivity contribution in [3.63, 3.8) is 0 Å². The Morgan fingerprint density at radius 3 is 2.32 bits per heavy atom. The second kappa shape index (κ2) is 8.17. The molecule has 2 heterocycles. The smallest absolute Gasteiger partial charge is 0.323 e. The lowest BCUT2D eigenvalue weighted by atomic mass is 9.98. The van der Waals surface area contributed by atoms with E-state index in [0.717, 1.165) is 16.9 Å². The fourth-order valence-electron chi connectivity index (χ4n) is 4.10. The molecule has 3 atom stereocenters. The zero-order chi connectivity index (χ0) is 22.1. The van der Waals surface area contributed by atoms with Crippen LogP contribution in [0.4, 0.5) is 9.59 Å². The number of carbonyl (C=O) groups excluding carboxylic acids is 3. The minimum absolute atomic E-state index is 0.169. The van der Waals surface area contributed by atoms with Gasteiger partial charge in [-0.2, -0.15) is 0 Å². The van der Waals surface area contributed by atoms with E-state index in [1.807, 2.05) is 54.6 Å². The minimum Gasteiger partial charge on any atom is -0.497 e. The maximum absolute atomic E-state index is 13.0. The summed E-state index contributed by atoms with van der Waals surface area (Å²) in [6.45, 7) is -0.169. The lowest BCUT2D eigenvalue weighted by Crippen LogP contribution is -2.49. The van der Waals surface area contributed by atoms with E-state index in [1.54, 1.807) is 21.2 Å². The molecule has 162 valence electrons. The van der Waals surface area contributed by atoms with Crippen LogP contribution in [0.3, 0.4) is 0 Å². The first-order valence-electron chi connectivity index (χ1n) is 9.95. The largest absolute Gasteiger partial charge is 0.497 e. The third kappa shape index (κ3) is 3.74. The normalized spacial score (nSPS) is 21.1. The Hall–Kier alpha value is -3.75. The molecule has 2 aromatic carbocycles. The molecule has 0 bridgehead atoms. The van der Waals surface area contributed by atoms with Crippen LogP contribution in [0.2, 0.25) is 0 Å². The van der Waals surface area contributed by atoms with E-state index < -0.39 is 18.4 Å². The SMILES string of the molecule is COc1ccc(C(NC(=O)CN2C(=O)NC3C2N(C)C(=O)N3C)c2ccccc2)cc1. The van der Waals surface area contributed by atoms with Gasteiger partial charge in [-0.3, -0.25) is 9.69 Å². The molecular formula is C22H25N5O4. The number of amides is 5. The lowest BCUT2D eigenvalue weighted by Gasteiger charge is -2.27. The molecule has 2 fully saturated rings. The summed E-state index contributed by atoms with van der Waals surface area (Å²) in [6.07, 6.45) is -1.02. The van der Waals surface area contributed by atoms with Crippen LogP contribution in [0.25, 0.3) is 0 Å². The van der Waals surface area contributed by atoms with E-state index in [1.165, 1.54) is 14.7 Å². The molecule has 2 aliphatic rings. The molecule has 4 rings (SSSR count). The number of carbonyl (C=O) groups is 3. The highest BCUT2D eigenvalue weighted by Crippen LogP contribution is 2.27. The van der Waals surface area contributed by atoms with Crippen molar-refractivity contribution in [3.8, 4) is 5.75 Å². The standard InChI is InChI=1S/C22H25N5O4/c1-25-19-20(26(2)22(25)30)27(21(29)24-19)13-17(28)23-18(14-7-5-4-6-8-14)15-9-11-16(31-3)12-10-15/h4-12,18-20H,13H2,1-3H3,(H,23,28)(H,24,29). The molecule has 3 unspecified atom stereocenters. The third-order valence-corrected chi connectivity index (χ3v) is 5.75. The van der Waals surface area contributed by atoms with Crippen molar-refractivity contribution < 1.29 is 19.1 Å². The monoisotopic (exact) mass is 423 g/mol. The number of methoxy groups -OCH3 is 1. The van der Waals surface area contributed by atoms with Gasteiger partial charge in [0.15, 0.2) is 0 Å². The van der Waals surface area contributed by atoms with Crippen molar-refractivity contribution in [2.24, 2.45) is 0 Å². The Morgan fingerprint density at radius 2 is 1.68 bits per heavy atom. The van der Waals surface area contributed by atoms with E-state index in [-0.39, 0.29) is 24.5 Å². The van der Waals surface area contributed by atoms with Gasteiger partial charge in [0.25, 0.3) is 0 Å². The fourth-order valence-corrected chi connectivity index (χ4v) is 4.10. The minimum atomic E-state index is -0.535. The highest BCUT2D eigenvalue weighted by molar-refractivity contribution is 5.89. The molecule has 2 N–H and O–H groups in total. The molecule has 0 spiro atoms. The van der Waals surface area contributed by atoms with Crippen LogP contribution < -0.4 is 15.4 Å². The van der Waals surface area contributed by atoms with Crippen molar-refractivity contribution in [3.05, 3.63) is 65.7 Å². The van der Waals surface area contributed by atoms with Crippen molar-refractivity contribution in [2.75, 3.05) is 27.7 Å². The maximum Gasteiger partial charge on any atom is 0.323 e. The van der Waals surface area contributed by atoms with Crippen LogP contribution in [0.1, 0.15) is 17.2 Å². The molecule has 0 radical (unpaired) electrons. The number of hydrogen-bond donors (Lipinski definition) is 2. The van der Waals surface area contributed by atoms with Crippen LogP contribution >= 0.6 is 0 Å². The topological polar surface area (TPSA) is 94.2 Å². The number of ether oxygens (including phenoxy) is 1. The summed E-state index contributed by atoms with van der Waals surface area (Å²) in [5.74, 6) is 0.399. The Morgan fingerprint density at radius 1 is 1.03 bits per heavy atom. The number of benzene rings is 2. The number of urea groups is 2. The summed E-state index contributed by atoms with van der Waals surface area (Å²) in [6, 6.07) is 16.1. The second-order valence-electron chi connectivity index (χ2n) is 7.62. The summed E-state index contributed by atoms with van der Waals surface area (Å²) in [4.78, 5) is 42.0. The Kier molecular flexibility index (Phi) is 5.41. The van der Waals surface area contributed by atoms with Gasteiger partial charge in [0, 0.05) is 14.1 Å². The summed E-state index contributed by atoms with van der Waals surface area (Å²) in [7, 11) is 4.85. The highest BCUT2D eigenvalue weighted by atomic mass is 16.5. The molecular weight excluding hydrogens is 398 g/mol. The van der Waals surface area contributed by atoms with Gasteiger partial charge in [-0.25, -0.2) is 9.59 Å². The zero-order valence-corrected chi connectivity index (χ0v) is 17.6. The Bertz CT molecular complexity index is 981. The molecule has 31 heavy (non-hydrogen) atoms. The predicted octanol–water partition coefficient (Wildman–Crippen LogP) is 1.58. The molecule has 5 amide bonds. The second-order valence-corrected chi connectivity index (χ2v) is 7.62. The van der Waals surface area contributed by atoms with E-state index in [9.17, 15) is 14.4 Å². The number of nitrogens with zero attached hydrogens (tertiary/aromatic N) is 3. The fraction of sp³-hybridized carbons (Fsp3) is 0.318. The van der Waals surface area contributed by atoms with Crippen LogP contribution in [0, 0.1) is 0 Å². The zero-order valence-electron chi connectivity index (χ0n) is 17.6. The van der Waals surface area contributed by atoms with Gasteiger partial charge < -0.3 is 25.2 Å². The highest BCUT2D eigenvalue weighted by Gasteiger charge is 2.52. The van der Waals surface area contributed by atoms with Gasteiger partial charge in [0.05, 0.1) is 13.2 Å². The Balaban J connectivity index is 1.54. The van der Waals surface area contributed by atoms with E-state index >= 15 is 0 Å². The molecule has 2 saturated heterocycles. The number of likely N-dealkylation sites (N-methyl/N-ethyl adjacent to an activating group) is 2. The van der Waals surface area contributed by atoms with E-state index in [2.05, 4.69) is 10.6 Å². The average Bonchev–Trinajstić information content (AvgIpc) is 3.22. The van der Waals surface area contributed by atoms with Crippen LogP contribution in [-0.4, -0.2) is 72.8 Å². The Labute approximate surface area is 180 Å². The number of hydrogen-bond acceptors (Lipinski definition) is 4. The maximum atomic E-state index is 13.0. The summed E-state index contributed by atoms with van der Waals surface area (Å²) in [5.41, 5.74) is 1.80. The molecule has 2 aromatic rings. The lowest BCUT2D eigenvalue weighted by molar-refractivity contribution is -0.122. The molecule has 2 aliphatic heterocycles. The summed E-state index contributed by atoms with van der Waals surface area (Å²) >= 11 is 0. The first kappa shape index (κ1) is 20.5. The molecule has 0 saturated carbocycles. The van der Waals surface area contributed by atoms with Gasteiger partial charge in [-0.1, -0.05) is 42.5 Å². The van der Waals surface area contributed by atoms with Gasteiger partial charge in [-0.05, 0) is 23.3 Å². The van der Waals surface area contributed by atoms with Crippen molar-refractivity contribution >= 4 is 18.0 Å². The van der Waals surface area contributed by atoms with Crippen molar-refractivity contribution in [1.29, 1.82) is 0 Å². The van der Waals surface area contributed by atoms with Crippen molar-refractivity contribution in [1.82, 2.24) is 25.3 Å². The quantitative estimate of drug-likeness (QED) is 0.738. The number of nitrogens with one attached hydrogen (secondary N) is 2. The molecule has 9 nitrogen and oxygen atoms in total. The van der Waals surface area contributed by atoms with Crippen LogP contribution in [0.5, 0.6) is 5.75 Å². The average molecular weight is 423 g/mol. The molecule has 0 aromatic heterocycles. The predicted molar refractivity (Wildman–Crippen MR) is 113 cm³/mol. The van der Waals surface area contributed by atoms with Gasteiger partial charge >= 0.3 is 12.1 Å².